The zero-order chi connectivity index (χ0) is 25.6. The predicted octanol–water partition coefficient (Wildman–Crippen LogP) is 4.40. The highest BCUT2D eigenvalue weighted by molar-refractivity contribution is 7.92. The number of halogens is 2. The predicted molar refractivity (Wildman–Crippen MR) is 138 cm³/mol. The Balaban J connectivity index is 2.48. The summed E-state index contributed by atoms with van der Waals surface area (Å²) in [4.78, 5) is 28.0. The van der Waals surface area contributed by atoms with Crippen LogP contribution in [-0.2, 0) is 26.2 Å². The van der Waals surface area contributed by atoms with Crippen molar-refractivity contribution in [2.75, 3.05) is 17.1 Å². The van der Waals surface area contributed by atoms with Crippen LogP contribution in [-0.4, -0.2) is 50.0 Å². The lowest BCUT2D eigenvalue weighted by Gasteiger charge is -2.33. The number of nitrogens with one attached hydrogen (secondary N) is 1. The molecule has 0 aromatic heterocycles. The molecule has 0 aliphatic heterocycles. The molecule has 1 N–H and O–H groups in total. The van der Waals surface area contributed by atoms with Gasteiger partial charge in [0.05, 0.1) is 22.0 Å². The molecule has 2 aromatic rings. The van der Waals surface area contributed by atoms with Crippen LogP contribution in [0.15, 0.2) is 42.5 Å². The monoisotopic (exact) mass is 527 g/mol. The van der Waals surface area contributed by atoms with Crippen molar-refractivity contribution < 1.29 is 18.0 Å². The maximum absolute atomic E-state index is 13.6. The summed E-state index contributed by atoms with van der Waals surface area (Å²) in [6.45, 7) is 7.05. The van der Waals surface area contributed by atoms with Crippen molar-refractivity contribution in [3.63, 3.8) is 0 Å². The van der Waals surface area contributed by atoms with Gasteiger partial charge in [-0.05, 0) is 44.9 Å². The van der Waals surface area contributed by atoms with Gasteiger partial charge < -0.3 is 10.2 Å². The molecule has 0 heterocycles. The minimum absolute atomic E-state index is 0.0251. The highest BCUT2D eigenvalue weighted by Crippen LogP contribution is 2.33. The summed E-state index contributed by atoms with van der Waals surface area (Å²) < 4.78 is 26.2. The molecule has 0 bridgehead atoms. The Bertz CT molecular complexity index is 1120. The van der Waals surface area contributed by atoms with Crippen LogP contribution in [0.5, 0.6) is 0 Å². The molecular weight excluding hydrogens is 497 g/mol. The summed E-state index contributed by atoms with van der Waals surface area (Å²) in [7, 11) is -3.89. The third kappa shape index (κ3) is 7.35. The number of amides is 2. The van der Waals surface area contributed by atoms with E-state index >= 15 is 0 Å². The van der Waals surface area contributed by atoms with E-state index in [4.69, 9.17) is 23.2 Å². The fourth-order valence-electron chi connectivity index (χ4n) is 3.47. The fraction of sp³-hybridized carbons (Fsp3) is 0.417. The van der Waals surface area contributed by atoms with Crippen LogP contribution in [0, 0.1) is 6.92 Å². The Labute approximate surface area is 212 Å². The normalized spacial score (nSPS) is 12.4. The molecule has 2 aromatic carbocycles. The SMILES string of the molecule is CCC(C(=O)NC(C)C)N(Cc1ccc(C)cc1)C(=O)CN(c1cccc(Cl)c1Cl)S(C)(=O)=O. The Kier molecular flexibility index (Phi) is 9.79. The van der Waals surface area contributed by atoms with Crippen molar-refractivity contribution in [3.8, 4) is 0 Å². The maximum Gasteiger partial charge on any atom is 0.244 e. The fourth-order valence-corrected chi connectivity index (χ4v) is 4.77. The first-order chi connectivity index (χ1) is 15.8. The van der Waals surface area contributed by atoms with Gasteiger partial charge in [0, 0.05) is 12.6 Å². The second kappa shape index (κ2) is 11.9. The number of nitrogens with zero attached hydrogens (tertiary/aromatic N) is 2. The highest BCUT2D eigenvalue weighted by Gasteiger charge is 2.32. The standard InChI is InChI=1S/C24H31Cl2N3O4S/c1-6-20(24(31)27-16(2)3)28(14-18-12-10-17(4)11-13-18)22(30)15-29(34(5,32)33)21-9-7-8-19(25)23(21)26/h7-13,16,20H,6,14-15H2,1-5H3,(H,27,31). The molecule has 34 heavy (non-hydrogen) atoms. The van der Waals surface area contributed by atoms with Gasteiger partial charge in [-0.25, -0.2) is 8.42 Å². The van der Waals surface area contributed by atoms with Crippen LogP contribution in [0.3, 0.4) is 0 Å². The van der Waals surface area contributed by atoms with Crippen LogP contribution in [0.1, 0.15) is 38.3 Å². The quantitative estimate of drug-likeness (QED) is 0.495. The van der Waals surface area contributed by atoms with Gasteiger partial charge in [0.1, 0.15) is 12.6 Å². The van der Waals surface area contributed by atoms with Crippen LogP contribution < -0.4 is 9.62 Å². The summed E-state index contributed by atoms with van der Waals surface area (Å²) in [5, 5.41) is 3.04. The first-order valence-corrected chi connectivity index (χ1v) is 13.5. The minimum Gasteiger partial charge on any atom is -0.352 e. The van der Waals surface area contributed by atoms with E-state index in [2.05, 4.69) is 5.32 Å². The number of rotatable bonds is 10. The molecule has 0 fully saturated rings. The Morgan fingerprint density at radius 2 is 1.68 bits per heavy atom. The molecule has 0 spiro atoms. The summed E-state index contributed by atoms with van der Waals surface area (Å²) in [5.74, 6) is -0.836. The van der Waals surface area contributed by atoms with E-state index in [1.54, 1.807) is 6.07 Å². The molecule has 10 heteroatoms. The zero-order valence-corrected chi connectivity index (χ0v) is 22.3. The van der Waals surface area contributed by atoms with Crippen molar-refractivity contribution in [2.45, 2.75) is 52.7 Å². The highest BCUT2D eigenvalue weighted by atomic mass is 35.5. The lowest BCUT2D eigenvalue weighted by Crippen LogP contribution is -2.53. The van der Waals surface area contributed by atoms with Crippen molar-refractivity contribution in [3.05, 3.63) is 63.6 Å². The summed E-state index contributed by atoms with van der Waals surface area (Å²) in [6, 6.07) is 11.3. The summed E-state index contributed by atoms with van der Waals surface area (Å²) in [5.41, 5.74) is 1.98. The zero-order valence-electron chi connectivity index (χ0n) is 20.0. The topological polar surface area (TPSA) is 86.8 Å². The molecule has 1 atom stereocenters. The lowest BCUT2D eigenvalue weighted by atomic mass is 10.1. The molecule has 186 valence electrons. The Morgan fingerprint density at radius 1 is 1.06 bits per heavy atom. The van der Waals surface area contributed by atoms with Gasteiger partial charge >= 0.3 is 0 Å². The van der Waals surface area contributed by atoms with E-state index in [0.717, 1.165) is 21.7 Å². The van der Waals surface area contributed by atoms with Gasteiger partial charge in [-0.3, -0.25) is 13.9 Å². The van der Waals surface area contributed by atoms with Crippen LogP contribution in [0.25, 0.3) is 0 Å². The molecule has 0 saturated heterocycles. The number of hydrogen-bond acceptors (Lipinski definition) is 4. The van der Waals surface area contributed by atoms with Gasteiger partial charge in [-0.15, -0.1) is 0 Å². The molecule has 7 nitrogen and oxygen atoms in total. The number of benzene rings is 2. The molecule has 1 unspecified atom stereocenters. The van der Waals surface area contributed by atoms with Crippen molar-refractivity contribution in [1.29, 1.82) is 0 Å². The van der Waals surface area contributed by atoms with E-state index in [1.165, 1.54) is 17.0 Å². The molecule has 0 aliphatic carbocycles. The summed E-state index contributed by atoms with van der Waals surface area (Å²) in [6.07, 6.45) is 1.34. The molecule has 0 radical (unpaired) electrons. The first-order valence-electron chi connectivity index (χ1n) is 10.9. The van der Waals surface area contributed by atoms with E-state index in [-0.39, 0.29) is 34.2 Å². The molecule has 2 rings (SSSR count). The Hall–Kier alpha value is -2.29. The van der Waals surface area contributed by atoms with Crippen molar-refractivity contribution in [1.82, 2.24) is 10.2 Å². The van der Waals surface area contributed by atoms with Gasteiger partial charge in [0.15, 0.2) is 0 Å². The van der Waals surface area contributed by atoms with Crippen LogP contribution in [0.2, 0.25) is 10.0 Å². The smallest absolute Gasteiger partial charge is 0.244 e. The number of carbonyl (C=O) groups is 2. The number of sulfonamides is 1. The van der Waals surface area contributed by atoms with E-state index in [1.807, 2.05) is 52.0 Å². The number of anilines is 1. The van der Waals surface area contributed by atoms with Crippen molar-refractivity contribution >= 4 is 50.7 Å². The molecular formula is C24H31Cl2N3O4S. The largest absolute Gasteiger partial charge is 0.352 e. The van der Waals surface area contributed by atoms with Crippen LogP contribution in [0.4, 0.5) is 5.69 Å². The number of carbonyl (C=O) groups excluding carboxylic acids is 2. The van der Waals surface area contributed by atoms with Crippen molar-refractivity contribution in [2.24, 2.45) is 0 Å². The second-order valence-corrected chi connectivity index (χ2v) is 11.1. The van der Waals surface area contributed by atoms with Gasteiger partial charge in [-0.1, -0.05) is 66.0 Å². The number of aryl methyl sites for hydroxylation is 1. The van der Waals surface area contributed by atoms with Gasteiger partial charge in [0.2, 0.25) is 21.8 Å². The van der Waals surface area contributed by atoms with E-state index in [0.29, 0.717) is 6.42 Å². The van der Waals surface area contributed by atoms with E-state index < -0.39 is 28.5 Å². The second-order valence-electron chi connectivity index (χ2n) is 8.44. The lowest BCUT2D eigenvalue weighted by molar-refractivity contribution is -0.140. The molecule has 2 amide bonds. The average Bonchev–Trinajstić information content (AvgIpc) is 2.74. The third-order valence-electron chi connectivity index (χ3n) is 5.17. The molecule has 0 aliphatic rings. The van der Waals surface area contributed by atoms with Gasteiger partial charge in [0.25, 0.3) is 0 Å². The third-order valence-corrected chi connectivity index (χ3v) is 7.10. The summed E-state index contributed by atoms with van der Waals surface area (Å²) >= 11 is 12.4. The number of hydrogen-bond donors (Lipinski definition) is 1. The van der Waals surface area contributed by atoms with Gasteiger partial charge in [-0.2, -0.15) is 0 Å². The minimum atomic E-state index is -3.89. The molecule has 0 saturated carbocycles. The van der Waals surface area contributed by atoms with Crippen LogP contribution >= 0.6 is 23.2 Å². The first kappa shape index (κ1) is 28.0. The van der Waals surface area contributed by atoms with E-state index in [9.17, 15) is 18.0 Å². The maximum atomic E-state index is 13.6. The Morgan fingerprint density at radius 3 is 2.21 bits per heavy atom. The average molecular weight is 529 g/mol.